The number of carbonyl (C=O) groups is 1. The largest absolute Gasteiger partial charge is 0.381 e. The molecule has 138 valence electrons. The number of aliphatic imine (C=N–C) groups is 1. The zero-order valence-electron chi connectivity index (χ0n) is 15.1. The molecule has 1 aliphatic rings. The van der Waals surface area contributed by atoms with Crippen LogP contribution in [0.2, 0.25) is 5.02 Å². The summed E-state index contributed by atoms with van der Waals surface area (Å²) >= 11 is 6.07. The van der Waals surface area contributed by atoms with Crippen molar-refractivity contribution in [3.05, 3.63) is 34.3 Å². The predicted molar refractivity (Wildman–Crippen MR) is 101 cm³/mol. The fourth-order valence-corrected chi connectivity index (χ4v) is 2.57. The standard InChI is InChI=1S/C18H27ClN4O2/c1-13-8-14(4-5-16(13)19)9-20-18(22-11-17(24)23(2)3)21-10-15-6-7-25-12-15/h4-5,8,15H,6-7,9-12H2,1-3H3,(H2,20,21,22). The summed E-state index contributed by atoms with van der Waals surface area (Å²) in [5.74, 6) is 1.12. The Kier molecular flexibility index (Phi) is 7.52. The molecule has 0 spiro atoms. The quantitative estimate of drug-likeness (QED) is 0.595. The molecule has 1 aromatic rings. The lowest BCUT2D eigenvalue weighted by Crippen LogP contribution is -2.44. The summed E-state index contributed by atoms with van der Waals surface area (Å²) in [7, 11) is 3.47. The molecule has 1 saturated heterocycles. The molecule has 1 aliphatic heterocycles. The van der Waals surface area contributed by atoms with Gasteiger partial charge in [0, 0.05) is 38.2 Å². The van der Waals surface area contributed by atoms with Crippen molar-refractivity contribution < 1.29 is 9.53 Å². The van der Waals surface area contributed by atoms with Crippen molar-refractivity contribution in [3.63, 3.8) is 0 Å². The molecule has 1 atom stereocenters. The minimum atomic E-state index is 0.000960. The Morgan fingerprint density at radius 1 is 1.40 bits per heavy atom. The normalized spacial score (nSPS) is 17.4. The lowest BCUT2D eigenvalue weighted by molar-refractivity contribution is -0.127. The zero-order valence-corrected chi connectivity index (χ0v) is 15.9. The van der Waals surface area contributed by atoms with Gasteiger partial charge in [-0.15, -0.1) is 0 Å². The van der Waals surface area contributed by atoms with Crippen LogP contribution in [-0.2, 0) is 16.1 Å². The molecule has 2 N–H and O–H groups in total. The van der Waals surface area contributed by atoms with Crippen LogP contribution in [0, 0.1) is 12.8 Å². The van der Waals surface area contributed by atoms with E-state index in [1.165, 1.54) is 0 Å². The fourth-order valence-electron chi connectivity index (χ4n) is 2.45. The first-order valence-electron chi connectivity index (χ1n) is 8.51. The van der Waals surface area contributed by atoms with Crippen LogP contribution in [0.3, 0.4) is 0 Å². The Morgan fingerprint density at radius 3 is 2.84 bits per heavy atom. The first-order chi connectivity index (χ1) is 12.0. The van der Waals surface area contributed by atoms with Gasteiger partial charge >= 0.3 is 0 Å². The van der Waals surface area contributed by atoms with Crippen molar-refractivity contribution >= 4 is 23.5 Å². The molecule has 1 aromatic carbocycles. The van der Waals surface area contributed by atoms with Crippen LogP contribution in [-0.4, -0.2) is 57.2 Å². The van der Waals surface area contributed by atoms with E-state index in [1.807, 2.05) is 25.1 Å². The summed E-state index contributed by atoms with van der Waals surface area (Å²) in [6.07, 6.45) is 1.05. The Bertz CT molecular complexity index is 613. The van der Waals surface area contributed by atoms with E-state index in [2.05, 4.69) is 15.6 Å². The number of carbonyl (C=O) groups excluding carboxylic acids is 1. The Morgan fingerprint density at radius 2 is 2.20 bits per heavy atom. The van der Waals surface area contributed by atoms with E-state index in [0.717, 1.165) is 42.3 Å². The molecule has 1 fully saturated rings. The smallest absolute Gasteiger partial charge is 0.241 e. The van der Waals surface area contributed by atoms with Gasteiger partial charge in [0.15, 0.2) is 5.96 Å². The van der Waals surface area contributed by atoms with Crippen molar-refractivity contribution in [2.75, 3.05) is 40.4 Å². The molecule has 1 unspecified atom stereocenters. The summed E-state index contributed by atoms with van der Waals surface area (Å²) in [5, 5.41) is 7.17. The maximum atomic E-state index is 11.8. The zero-order chi connectivity index (χ0) is 18.2. The molecular formula is C18H27ClN4O2. The van der Waals surface area contributed by atoms with E-state index < -0.39 is 0 Å². The van der Waals surface area contributed by atoms with E-state index in [-0.39, 0.29) is 12.5 Å². The van der Waals surface area contributed by atoms with Gasteiger partial charge in [-0.05, 0) is 30.5 Å². The van der Waals surface area contributed by atoms with Gasteiger partial charge in [-0.3, -0.25) is 4.79 Å². The molecule has 1 heterocycles. The lowest BCUT2D eigenvalue weighted by Gasteiger charge is -2.16. The highest BCUT2D eigenvalue weighted by atomic mass is 35.5. The maximum Gasteiger partial charge on any atom is 0.241 e. The Balaban J connectivity index is 1.97. The molecule has 0 aromatic heterocycles. The van der Waals surface area contributed by atoms with E-state index in [9.17, 15) is 4.79 Å². The number of ether oxygens (including phenoxy) is 1. The number of nitrogens with zero attached hydrogens (tertiary/aromatic N) is 2. The monoisotopic (exact) mass is 366 g/mol. The van der Waals surface area contributed by atoms with Crippen molar-refractivity contribution in [2.24, 2.45) is 10.9 Å². The summed E-state index contributed by atoms with van der Waals surface area (Å²) in [4.78, 5) is 18.0. The topological polar surface area (TPSA) is 66.0 Å². The van der Waals surface area contributed by atoms with Crippen LogP contribution >= 0.6 is 11.6 Å². The molecular weight excluding hydrogens is 340 g/mol. The molecule has 0 bridgehead atoms. The third-order valence-electron chi connectivity index (χ3n) is 4.13. The second-order valence-corrected chi connectivity index (χ2v) is 6.91. The van der Waals surface area contributed by atoms with Crippen LogP contribution in [0.5, 0.6) is 0 Å². The van der Waals surface area contributed by atoms with E-state index in [0.29, 0.717) is 18.4 Å². The summed E-state index contributed by atoms with van der Waals surface area (Å²) < 4.78 is 5.40. The summed E-state index contributed by atoms with van der Waals surface area (Å²) in [6.45, 7) is 5.07. The van der Waals surface area contributed by atoms with Gasteiger partial charge < -0.3 is 20.3 Å². The average Bonchev–Trinajstić information content (AvgIpc) is 3.10. The number of guanidine groups is 1. The number of benzene rings is 1. The van der Waals surface area contributed by atoms with Gasteiger partial charge in [-0.1, -0.05) is 23.7 Å². The van der Waals surface area contributed by atoms with E-state index >= 15 is 0 Å². The highest BCUT2D eigenvalue weighted by molar-refractivity contribution is 6.31. The van der Waals surface area contributed by atoms with Crippen LogP contribution in [0.25, 0.3) is 0 Å². The third-order valence-corrected chi connectivity index (χ3v) is 4.55. The first-order valence-corrected chi connectivity index (χ1v) is 8.88. The van der Waals surface area contributed by atoms with Crippen molar-refractivity contribution in [2.45, 2.75) is 19.9 Å². The van der Waals surface area contributed by atoms with E-state index in [1.54, 1.807) is 19.0 Å². The van der Waals surface area contributed by atoms with Crippen LogP contribution in [0.4, 0.5) is 0 Å². The minimum absolute atomic E-state index is 0.000960. The molecule has 0 saturated carbocycles. The lowest BCUT2D eigenvalue weighted by atomic mass is 10.1. The molecule has 1 amide bonds. The molecule has 7 heteroatoms. The molecule has 6 nitrogen and oxygen atoms in total. The first kappa shape index (κ1) is 19.5. The van der Waals surface area contributed by atoms with Gasteiger partial charge in [0.2, 0.25) is 5.91 Å². The number of aryl methyl sites for hydroxylation is 1. The van der Waals surface area contributed by atoms with Crippen molar-refractivity contribution in [1.82, 2.24) is 15.5 Å². The SMILES string of the molecule is Cc1cc(CN=C(NCC(=O)N(C)C)NCC2CCOC2)ccc1Cl. The van der Waals surface area contributed by atoms with Crippen molar-refractivity contribution in [3.8, 4) is 0 Å². The number of halogens is 1. The van der Waals surface area contributed by atoms with Crippen molar-refractivity contribution in [1.29, 1.82) is 0 Å². The van der Waals surface area contributed by atoms with Gasteiger partial charge in [-0.2, -0.15) is 0 Å². The van der Waals surface area contributed by atoms with E-state index in [4.69, 9.17) is 16.3 Å². The average molecular weight is 367 g/mol. The number of amides is 1. The Labute approximate surface area is 154 Å². The second-order valence-electron chi connectivity index (χ2n) is 6.50. The minimum Gasteiger partial charge on any atom is -0.381 e. The van der Waals surface area contributed by atoms with Crippen LogP contribution in [0.1, 0.15) is 17.5 Å². The van der Waals surface area contributed by atoms with Gasteiger partial charge in [0.1, 0.15) is 0 Å². The van der Waals surface area contributed by atoms with Crippen LogP contribution < -0.4 is 10.6 Å². The number of hydrogen-bond donors (Lipinski definition) is 2. The molecule has 25 heavy (non-hydrogen) atoms. The maximum absolute atomic E-state index is 11.8. The van der Waals surface area contributed by atoms with Gasteiger partial charge in [0.05, 0.1) is 19.7 Å². The third kappa shape index (κ3) is 6.55. The van der Waals surface area contributed by atoms with Crippen LogP contribution in [0.15, 0.2) is 23.2 Å². The second kappa shape index (κ2) is 9.63. The summed E-state index contributed by atoms with van der Waals surface area (Å²) in [5.41, 5.74) is 2.11. The molecule has 0 aliphatic carbocycles. The highest BCUT2D eigenvalue weighted by Crippen LogP contribution is 2.16. The number of rotatable bonds is 6. The summed E-state index contributed by atoms with van der Waals surface area (Å²) in [6, 6.07) is 5.87. The molecule has 0 radical (unpaired) electrons. The predicted octanol–water partition coefficient (Wildman–Crippen LogP) is 1.81. The number of likely N-dealkylation sites (N-methyl/N-ethyl adjacent to an activating group) is 1. The Hall–Kier alpha value is -1.79. The highest BCUT2D eigenvalue weighted by Gasteiger charge is 2.16. The number of nitrogens with one attached hydrogen (secondary N) is 2. The number of hydrogen-bond acceptors (Lipinski definition) is 3. The van der Waals surface area contributed by atoms with Gasteiger partial charge in [0.25, 0.3) is 0 Å². The molecule has 2 rings (SSSR count). The van der Waals surface area contributed by atoms with Gasteiger partial charge in [-0.25, -0.2) is 4.99 Å². The fraction of sp³-hybridized carbons (Fsp3) is 0.556.